The number of halogens is 4. The molecule has 0 saturated carbocycles. The fourth-order valence-corrected chi connectivity index (χ4v) is 5.33. The van der Waals surface area contributed by atoms with E-state index in [0.29, 0.717) is 17.7 Å². The number of ether oxygens (including phenoxy) is 1. The molecule has 0 unspecified atom stereocenters. The summed E-state index contributed by atoms with van der Waals surface area (Å²) in [6.45, 7) is 2.30. The van der Waals surface area contributed by atoms with E-state index in [1.807, 2.05) is 0 Å². The lowest BCUT2D eigenvalue weighted by atomic mass is 9.98. The van der Waals surface area contributed by atoms with E-state index < -0.39 is 21.6 Å². The molecule has 2 aromatic carbocycles. The number of rotatable bonds is 9. The molecule has 0 spiro atoms. The molecular formula is C24H28ClF3N6O3S. The van der Waals surface area contributed by atoms with Gasteiger partial charge in [-0.05, 0) is 55.6 Å². The zero-order chi connectivity index (χ0) is 27.5. The van der Waals surface area contributed by atoms with Gasteiger partial charge >= 0.3 is 6.18 Å². The Labute approximate surface area is 223 Å². The molecule has 1 aliphatic rings. The van der Waals surface area contributed by atoms with Crippen LogP contribution in [0.4, 0.5) is 30.8 Å². The van der Waals surface area contributed by atoms with Crippen LogP contribution >= 0.6 is 11.6 Å². The number of aromatic nitrogens is 3. The molecule has 3 aromatic rings. The van der Waals surface area contributed by atoms with Gasteiger partial charge in [0.05, 0.1) is 16.3 Å². The largest absolute Gasteiger partial charge is 0.490 e. The van der Waals surface area contributed by atoms with Crippen molar-refractivity contribution in [1.29, 1.82) is 0 Å². The van der Waals surface area contributed by atoms with E-state index in [0.717, 1.165) is 38.5 Å². The number of alkyl halides is 3. The van der Waals surface area contributed by atoms with Gasteiger partial charge in [-0.1, -0.05) is 23.7 Å². The average Bonchev–Trinajstić information content (AvgIpc) is 3.23. The topological polar surface area (TPSA) is 126 Å². The molecule has 4 rings (SSSR count). The van der Waals surface area contributed by atoms with Crippen LogP contribution in [0.15, 0.2) is 36.4 Å². The van der Waals surface area contributed by atoms with Crippen LogP contribution in [0.2, 0.25) is 5.02 Å². The van der Waals surface area contributed by atoms with E-state index in [1.54, 1.807) is 24.3 Å². The molecule has 206 valence electrons. The van der Waals surface area contributed by atoms with Gasteiger partial charge in [0.1, 0.15) is 21.7 Å². The Balaban J connectivity index is 1.42. The number of nitrogen functional groups attached to an aromatic ring is 1. The smallest absolute Gasteiger partial charge is 0.417 e. The van der Waals surface area contributed by atoms with Crippen molar-refractivity contribution < 1.29 is 26.3 Å². The summed E-state index contributed by atoms with van der Waals surface area (Å²) < 4.78 is 70.6. The van der Waals surface area contributed by atoms with Crippen LogP contribution in [-0.4, -0.2) is 66.2 Å². The van der Waals surface area contributed by atoms with Crippen LogP contribution in [-0.2, 0) is 16.0 Å². The number of sulfone groups is 1. The second kappa shape index (κ2) is 11.4. The Morgan fingerprint density at radius 2 is 1.89 bits per heavy atom. The molecule has 0 atom stereocenters. The van der Waals surface area contributed by atoms with Crippen molar-refractivity contribution in [3.05, 3.63) is 47.0 Å². The van der Waals surface area contributed by atoms with Gasteiger partial charge in [-0.3, -0.25) is 0 Å². The second-order valence-corrected chi connectivity index (χ2v) is 11.9. The molecule has 0 bridgehead atoms. The average molecular weight is 573 g/mol. The number of hydrogen-bond donors (Lipinski definition) is 3. The number of nitrogens with one attached hydrogen (secondary N) is 2. The number of anilines is 3. The molecular weight excluding hydrogens is 545 g/mol. The molecule has 1 aromatic heterocycles. The molecule has 0 radical (unpaired) electrons. The van der Waals surface area contributed by atoms with E-state index in [1.165, 1.54) is 12.3 Å². The van der Waals surface area contributed by atoms with Gasteiger partial charge < -0.3 is 20.7 Å². The quantitative estimate of drug-likeness (QED) is 0.335. The summed E-state index contributed by atoms with van der Waals surface area (Å²) >= 11 is 6.33. The lowest BCUT2D eigenvalue weighted by molar-refractivity contribution is -0.137. The molecule has 4 N–H and O–H groups in total. The summed E-state index contributed by atoms with van der Waals surface area (Å²) in [4.78, 5) is 6.04. The van der Waals surface area contributed by atoms with Crippen molar-refractivity contribution in [1.82, 2.24) is 20.1 Å². The molecule has 0 aliphatic carbocycles. The van der Waals surface area contributed by atoms with Gasteiger partial charge in [-0.2, -0.15) is 18.2 Å². The van der Waals surface area contributed by atoms with Crippen LogP contribution < -0.4 is 15.8 Å². The third-order valence-electron chi connectivity index (χ3n) is 6.12. The van der Waals surface area contributed by atoms with E-state index in [2.05, 4.69) is 25.4 Å². The lowest BCUT2D eigenvalue weighted by Crippen LogP contribution is -2.39. The van der Waals surface area contributed by atoms with Gasteiger partial charge in [0.25, 0.3) is 0 Å². The molecule has 0 amide bonds. The maximum Gasteiger partial charge on any atom is 0.417 e. The predicted octanol–water partition coefficient (Wildman–Crippen LogP) is 4.75. The molecule has 1 saturated heterocycles. The van der Waals surface area contributed by atoms with Crippen LogP contribution in [0.5, 0.6) is 5.75 Å². The number of H-pyrrole nitrogens is 1. The molecule has 1 aliphatic heterocycles. The number of piperidine rings is 1. The van der Waals surface area contributed by atoms with Crippen molar-refractivity contribution >= 4 is 39.0 Å². The van der Waals surface area contributed by atoms with Crippen molar-refractivity contribution in [2.75, 3.05) is 42.7 Å². The summed E-state index contributed by atoms with van der Waals surface area (Å²) in [7, 11) is -2.96. The van der Waals surface area contributed by atoms with Crippen molar-refractivity contribution in [2.24, 2.45) is 0 Å². The Morgan fingerprint density at radius 1 is 1.21 bits per heavy atom. The zero-order valence-electron chi connectivity index (χ0n) is 20.6. The summed E-state index contributed by atoms with van der Waals surface area (Å²) in [5, 5.41) is 8.73. The first-order valence-electron chi connectivity index (χ1n) is 11.9. The first-order valence-corrected chi connectivity index (χ1v) is 14.3. The number of hydrogen-bond acceptors (Lipinski definition) is 8. The highest BCUT2D eigenvalue weighted by Gasteiger charge is 2.35. The van der Waals surface area contributed by atoms with Crippen LogP contribution in [0.1, 0.15) is 24.8 Å². The van der Waals surface area contributed by atoms with Crippen molar-refractivity contribution in [3.8, 4) is 16.9 Å². The SMILES string of the molecule is CS(=O)(=O)CCCN1CCC(Oc2ccc(-c3c(Cl)cc(Nc4n[nH]c(N)n4)cc3C(F)(F)F)cc2)CC1. The highest BCUT2D eigenvalue weighted by atomic mass is 35.5. The fraction of sp³-hybridized carbons (Fsp3) is 0.417. The maximum atomic E-state index is 14.0. The van der Waals surface area contributed by atoms with Gasteiger partial charge in [0.15, 0.2) is 0 Å². The zero-order valence-corrected chi connectivity index (χ0v) is 22.1. The van der Waals surface area contributed by atoms with Crippen LogP contribution in [0, 0.1) is 0 Å². The highest BCUT2D eigenvalue weighted by Crippen LogP contribution is 2.43. The minimum atomic E-state index is -4.67. The molecule has 14 heteroatoms. The highest BCUT2D eigenvalue weighted by molar-refractivity contribution is 7.90. The standard InChI is InChI=1S/C24H28ClF3N6O3S/c1-38(35,36)12-2-9-34-10-7-18(8-11-34)37-17-5-3-15(4-6-17)21-19(24(26,27)28)13-16(14-20(21)25)30-23-31-22(29)32-33-23/h3-6,13-14,18H,2,7-12H2,1H3,(H4,29,30,31,32,33). The molecule has 2 heterocycles. The van der Waals surface area contributed by atoms with Gasteiger partial charge in [0, 0.05) is 30.6 Å². The monoisotopic (exact) mass is 572 g/mol. The van der Waals surface area contributed by atoms with E-state index in [-0.39, 0.29) is 40.0 Å². The Kier molecular flexibility index (Phi) is 8.38. The predicted molar refractivity (Wildman–Crippen MR) is 140 cm³/mol. The van der Waals surface area contributed by atoms with Gasteiger partial charge in [-0.25, -0.2) is 13.5 Å². The fourth-order valence-electron chi connectivity index (χ4n) is 4.35. The normalized spacial score (nSPS) is 15.5. The minimum Gasteiger partial charge on any atom is -0.490 e. The Bertz CT molecular complexity index is 1360. The number of benzene rings is 2. The van der Waals surface area contributed by atoms with E-state index >= 15 is 0 Å². The summed E-state index contributed by atoms with van der Waals surface area (Å²) in [6, 6.07) is 8.68. The summed E-state index contributed by atoms with van der Waals surface area (Å²) in [5.74, 6) is 0.754. The van der Waals surface area contributed by atoms with Gasteiger partial charge in [0.2, 0.25) is 11.9 Å². The molecule has 1 fully saturated rings. The number of likely N-dealkylation sites (tertiary alicyclic amines) is 1. The Hall–Kier alpha value is -3.03. The summed E-state index contributed by atoms with van der Waals surface area (Å²) in [6.07, 6.45) is -1.32. The minimum absolute atomic E-state index is 0.0145. The third-order valence-corrected chi connectivity index (χ3v) is 7.45. The van der Waals surface area contributed by atoms with Crippen LogP contribution in [0.3, 0.4) is 0 Å². The van der Waals surface area contributed by atoms with Crippen molar-refractivity contribution in [3.63, 3.8) is 0 Å². The molecule has 38 heavy (non-hydrogen) atoms. The lowest BCUT2D eigenvalue weighted by Gasteiger charge is -2.32. The van der Waals surface area contributed by atoms with E-state index in [4.69, 9.17) is 22.1 Å². The maximum absolute atomic E-state index is 14.0. The summed E-state index contributed by atoms with van der Waals surface area (Å²) in [5.41, 5.74) is 4.77. The first kappa shape index (κ1) is 28.0. The van der Waals surface area contributed by atoms with E-state index in [9.17, 15) is 21.6 Å². The van der Waals surface area contributed by atoms with Gasteiger partial charge in [-0.15, -0.1) is 5.10 Å². The first-order chi connectivity index (χ1) is 17.9. The second-order valence-electron chi connectivity index (χ2n) is 9.21. The third kappa shape index (κ3) is 7.51. The number of nitrogens with zero attached hydrogens (tertiary/aromatic N) is 3. The number of nitrogens with two attached hydrogens (primary N) is 1. The Morgan fingerprint density at radius 3 is 2.47 bits per heavy atom. The number of aromatic amines is 1. The molecule has 9 nitrogen and oxygen atoms in total. The van der Waals surface area contributed by atoms with Crippen LogP contribution in [0.25, 0.3) is 11.1 Å². The van der Waals surface area contributed by atoms with Crippen molar-refractivity contribution in [2.45, 2.75) is 31.5 Å².